The Labute approximate surface area is 121 Å². The molecule has 0 amide bonds. The molecule has 0 radical (unpaired) electrons. The van der Waals surface area contributed by atoms with Crippen LogP contribution in [0.2, 0.25) is 5.02 Å². The number of nitrogens with zero attached hydrogens (tertiary/aromatic N) is 1. The summed E-state index contributed by atoms with van der Waals surface area (Å²) in [5, 5.41) is 0.825. The zero-order chi connectivity index (χ0) is 13.3. The predicted octanol–water partition coefficient (Wildman–Crippen LogP) is 4.76. The van der Waals surface area contributed by atoms with Crippen molar-refractivity contribution in [3.63, 3.8) is 0 Å². The number of rotatable bonds is 1. The summed E-state index contributed by atoms with van der Waals surface area (Å²) in [6.45, 7) is 1.19. The summed E-state index contributed by atoms with van der Waals surface area (Å²) in [6.07, 6.45) is 10.3. The van der Waals surface area contributed by atoms with Crippen LogP contribution in [-0.2, 0) is 0 Å². The lowest BCUT2D eigenvalue weighted by atomic mass is 9.71. The average molecular weight is 276 g/mol. The third kappa shape index (κ3) is 2.34. The largest absolute Gasteiger partial charge is 0.296 e. The maximum atomic E-state index is 6.03. The molecule has 1 spiro atoms. The highest BCUT2D eigenvalue weighted by molar-refractivity contribution is 6.30. The molecular weight excluding hydrogens is 254 g/mol. The summed E-state index contributed by atoms with van der Waals surface area (Å²) in [5.41, 5.74) is 3.18. The van der Waals surface area contributed by atoms with E-state index < -0.39 is 0 Å². The lowest BCUT2D eigenvalue weighted by Crippen LogP contribution is -2.50. The van der Waals surface area contributed by atoms with Gasteiger partial charge in [-0.05, 0) is 49.6 Å². The van der Waals surface area contributed by atoms with Crippen LogP contribution in [0, 0.1) is 0 Å². The highest BCUT2D eigenvalue weighted by Gasteiger charge is 2.41. The van der Waals surface area contributed by atoms with E-state index in [1.807, 2.05) is 12.1 Å². The molecule has 19 heavy (non-hydrogen) atoms. The lowest BCUT2D eigenvalue weighted by Gasteiger charge is -2.49. The summed E-state index contributed by atoms with van der Waals surface area (Å²) in [7, 11) is 2.30. The molecule has 0 aromatic heterocycles. The fraction of sp³-hybridized carbons (Fsp3) is 0.529. The van der Waals surface area contributed by atoms with Crippen LogP contribution in [0.15, 0.2) is 30.3 Å². The van der Waals surface area contributed by atoms with Crippen LogP contribution in [-0.4, -0.2) is 24.0 Å². The molecule has 0 saturated heterocycles. The molecule has 0 unspecified atom stereocenters. The molecule has 2 heteroatoms. The lowest BCUT2D eigenvalue weighted by molar-refractivity contribution is 0.125. The summed E-state index contributed by atoms with van der Waals surface area (Å²) in [6, 6.07) is 8.40. The van der Waals surface area contributed by atoms with Crippen LogP contribution in [0.5, 0.6) is 0 Å². The van der Waals surface area contributed by atoms with E-state index >= 15 is 0 Å². The van der Waals surface area contributed by atoms with Gasteiger partial charge in [-0.25, -0.2) is 0 Å². The average Bonchev–Trinajstić information content (AvgIpc) is 2.44. The monoisotopic (exact) mass is 275 g/mol. The molecule has 0 bridgehead atoms. The van der Waals surface area contributed by atoms with Gasteiger partial charge in [0.25, 0.3) is 0 Å². The van der Waals surface area contributed by atoms with Crippen molar-refractivity contribution in [2.75, 3.05) is 13.6 Å². The minimum Gasteiger partial charge on any atom is -0.296 e. The Balaban J connectivity index is 2.01. The maximum Gasteiger partial charge on any atom is 0.0460 e. The number of likely N-dealkylation sites (N-methyl/N-ethyl adjacent to an activating group) is 1. The van der Waals surface area contributed by atoms with Crippen molar-refractivity contribution in [3.05, 3.63) is 40.9 Å². The highest BCUT2D eigenvalue weighted by Crippen LogP contribution is 2.45. The summed E-state index contributed by atoms with van der Waals surface area (Å²) in [5.74, 6) is 0. The minimum atomic E-state index is 0.282. The molecule has 0 N–H and O–H groups in total. The van der Waals surface area contributed by atoms with E-state index in [0.717, 1.165) is 11.4 Å². The fourth-order valence-corrected chi connectivity index (χ4v) is 3.94. The van der Waals surface area contributed by atoms with Gasteiger partial charge in [-0.3, -0.25) is 4.90 Å². The summed E-state index contributed by atoms with van der Waals surface area (Å²) in [4.78, 5) is 2.59. The minimum absolute atomic E-state index is 0.282. The van der Waals surface area contributed by atoms with Crippen molar-refractivity contribution in [3.8, 4) is 0 Å². The second kappa shape index (κ2) is 5.30. The smallest absolute Gasteiger partial charge is 0.0460 e. The van der Waals surface area contributed by atoms with Crippen molar-refractivity contribution in [1.82, 2.24) is 4.90 Å². The normalized spacial score (nSPS) is 23.4. The maximum absolute atomic E-state index is 6.03. The molecule has 2 aliphatic rings. The first-order valence-corrected chi connectivity index (χ1v) is 7.78. The van der Waals surface area contributed by atoms with Crippen molar-refractivity contribution >= 4 is 17.2 Å². The molecule has 1 aromatic rings. The van der Waals surface area contributed by atoms with Gasteiger partial charge in [-0.1, -0.05) is 49.1 Å². The molecule has 1 nitrogen and oxygen atoms in total. The molecule has 1 aliphatic carbocycles. The van der Waals surface area contributed by atoms with Crippen LogP contribution in [0.1, 0.15) is 44.1 Å². The zero-order valence-corrected chi connectivity index (χ0v) is 12.4. The van der Waals surface area contributed by atoms with Crippen LogP contribution >= 0.6 is 11.6 Å². The Hall–Kier alpha value is -0.790. The van der Waals surface area contributed by atoms with Gasteiger partial charge in [0.1, 0.15) is 0 Å². The van der Waals surface area contributed by atoms with E-state index in [1.54, 1.807) is 0 Å². The van der Waals surface area contributed by atoms with E-state index in [9.17, 15) is 0 Å². The van der Waals surface area contributed by atoms with Gasteiger partial charge in [0.05, 0.1) is 0 Å². The second-order valence-electron chi connectivity index (χ2n) is 5.93. The van der Waals surface area contributed by atoms with Gasteiger partial charge in [0, 0.05) is 17.1 Å². The number of halogens is 1. The van der Waals surface area contributed by atoms with Crippen LogP contribution in [0.25, 0.3) is 5.57 Å². The first-order chi connectivity index (χ1) is 9.22. The van der Waals surface area contributed by atoms with Crippen LogP contribution in [0.3, 0.4) is 0 Å². The molecule has 1 saturated carbocycles. The van der Waals surface area contributed by atoms with E-state index in [1.165, 1.54) is 49.8 Å². The highest BCUT2D eigenvalue weighted by atomic mass is 35.5. The van der Waals surface area contributed by atoms with Crippen molar-refractivity contribution in [1.29, 1.82) is 0 Å². The number of hydrogen-bond acceptors (Lipinski definition) is 1. The standard InChI is InChI=1S/C17H22ClN/c1-19-13-5-6-16(14-7-9-15(18)10-8-14)17(19)11-3-2-4-12-17/h6-10H,2-5,11-13H2,1H3. The van der Waals surface area contributed by atoms with Gasteiger partial charge < -0.3 is 0 Å². The molecular formula is C17H22ClN. The third-order valence-corrected chi connectivity index (χ3v) is 5.13. The molecule has 1 fully saturated rings. The Kier molecular flexibility index (Phi) is 3.68. The first kappa shape index (κ1) is 13.2. The van der Waals surface area contributed by atoms with Crippen molar-refractivity contribution in [2.45, 2.75) is 44.1 Å². The molecule has 0 atom stereocenters. The van der Waals surface area contributed by atoms with E-state index in [0.29, 0.717) is 0 Å². The fourth-order valence-electron chi connectivity index (χ4n) is 3.82. The van der Waals surface area contributed by atoms with Crippen LogP contribution in [0.4, 0.5) is 0 Å². The summed E-state index contributed by atoms with van der Waals surface area (Å²) >= 11 is 6.03. The van der Waals surface area contributed by atoms with Gasteiger partial charge in [0.2, 0.25) is 0 Å². The van der Waals surface area contributed by atoms with Crippen molar-refractivity contribution in [2.24, 2.45) is 0 Å². The molecule has 1 aromatic carbocycles. The van der Waals surface area contributed by atoms with Crippen LogP contribution < -0.4 is 0 Å². The zero-order valence-electron chi connectivity index (χ0n) is 11.7. The number of benzene rings is 1. The Morgan fingerprint density at radius 2 is 1.74 bits per heavy atom. The van der Waals surface area contributed by atoms with E-state index in [4.69, 9.17) is 11.6 Å². The SMILES string of the molecule is CN1CCC=C(c2ccc(Cl)cc2)C12CCCCC2. The predicted molar refractivity (Wildman–Crippen MR) is 82.5 cm³/mol. The van der Waals surface area contributed by atoms with Gasteiger partial charge in [-0.2, -0.15) is 0 Å². The molecule has 1 aliphatic heterocycles. The topological polar surface area (TPSA) is 3.24 Å². The van der Waals surface area contributed by atoms with Gasteiger partial charge >= 0.3 is 0 Å². The first-order valence-electron chi connectivity index (χ1n) is 7.40. The molecule has 1 heterocycles. The number of hydrogen-bond donors (Lipinski definition) is 0. The quantitative estimate of drug-likeness (QED) is 0.714. The Morgan fingerprint density at radius 3 is 2.42 bits per heavy atom. The Bertz CT molecular complexity index is 469. The molecule has 102 valence electrons. The van der Waals surface area contributed by atoms with Gasteiger partial charge in [0.15, 0.2) is 0 Å². The summed E-state index contributed by atoms with van der Waals surface area (Å²) < 4.78 is 0. The Morgan fingerprint density at radius 1 is 1.05 bits per heavy atom. The molecule has 3 rings (SSSR count). The van der Waals surface area contributed by atoms with E-state index in [2.05, 4.69) is 30.2 Å². The third-order valence-electron chi connectivity index (χ3n) is 4.88. The van der Waals surface area contributed by atoms with E-state index in [-0.39, 0.29) is 5.54 Å². The van der Waals surface area contributed by atoms with Crippen molar-refractivity contribution < 1.29 is 0 Å². The van der Waals surface area contributed by atoms with Gasteiger partial charge in [-0.15, -0.1) is 0 Å². The second-order valence-corrected chi connectivity index (χ2v) is 6.36.